The molecule has 2 N–H and O–H groups in total. The van der Waals surface area contributed by atoms with Crippen LogP contribution in [0.1, 0.15) is 11.6 Å². The lowest BCUT2D eigenvalue weighted by Gasteiger charge is -2.21. The molecule has 0 bridgehead atoms. The van der Waals surface area contributed by atoms with Crippen molar-refractivity contribution in [1.82, 2.24) is 5.32 Å². The van der Waals surface area contributed by atoms with Crippen LogP contribution in [0.25, 0.3) is 0 Å². The minimum absolute atomic E-state index is 0.00253. The Morgan fingerprint density at radius 1 is 1.17 bits per heavy atom. The van der Waals surface area contributed by atoms with Crippen LogP contribution in [0, 0.1) is 0 Å². The number of carbonyl (C=O) groups excluding carboxylic acids is 1. The molecule has 1 atom stereocenters. The second kappa shape index (κ2) is 8.70. The molecular weight excluding hydrogens is 356 g/mol. The summed E-state index contributed by atoms with van der Waals surface area (Å²) >= 11 is 3.38. The molecule has 0 aliphatic carbocycles. The first-order valence-electron chi connectivity index (χ1n) is 7.56. The topological polar surface area (TPSA) is 42.8 Å². The van der Waals surface area contributed by atoms with Crippen molar-refractivity contribution in [3.8, 4) is 5.75 Å². The fourth-order valence-electron chi connectivity index (χ4n) is 2.29. The van der Waals surface area contributed by atoms with Crippen LogP contribution in [-0.2, 0) is 4.79 Å². The Morgan fingerprint density at radius 2 is 1.91 bits per heavy atom. The lowest BCUT2D eigenvalue weighted by Crippen LogP contribution is -3.06. The predicted octanol–water partition coefficient (Wildman–Crippen LogP) is 1.83. The molecule has 4 nitrogen and oxygen atoms in total. The van der Waals surface area contributed by atoms with E-state index in [9.17, 15) is 4.79 Å². The van der Waals surface area contributed by atoms with E-state index in [-0.39, 0.29) is 18.6 Å². The van der Waals surface area contributed by atoms with Crippen LogP contribution < -0.4 is 15.0 Å². The monoisotopic (exact) mass is 377 g/mol. The lowest BCUT2D eigenvalue weighted by molar-refractivity contribution is -0.860. The van der Waals surface area contributed by atoms with Gasteiger partial charge < -0.3 is 15.0 Å². The Kier molecular flexibility index (Phi) is 6.62. The molecule has 5 heteroatoms. The molecule has 0 unspecified atom stereocenters. The SMILES string of the molecule is C[NH+](C)C[C@H](NC(=O)COc1cccc(Br)c1)c1ccccc1. The number of ether oxygens (including phenoxy) is 1. The van der Waals surface area contributed by atoms with Crippen molar-refractivity contribution in [3.63, 3.8) is 0 Å². The number of halogens is 1. The second-order valence-electron chi connectivity index (χ2n) is 5.69. The molecule has 2 aromatic carbocycles. The van der Waals surface area contributed by atoms with Gasteiger partial charge in [-0.05, 0) is 23.8 Å². The van der Waals surface area contributed by atoms with E-state index in [1.807, 2.05) is 54.6 Å². The average molecular weight is 378 g/mol. The predicted molar refractivity (Wildman–Crippen MR) is 94.6 cm³/mol. The standard InChI is InChI=1S/C18H21BrN2O2/c1-21(2)12-17(14-7-4-3-5-8-14)20-18(22)13-23-16-10-6-9-15(19)11-16/h3-11,17H,12-13H2,1-2H3,(H,20,22)/p+1/t17-/m0/s1. The van der Waals surface area contributed by atoms with Gasteiger partial charge in [-0.15, -0.1) is 0 Å². The molecule has 1 amide bonds. The molecule has 0 radical (unpaired) electrons. The zero-order valence-electron chi connectivity index (χ0n) is 13.4. The van der Waals surface area contributed by atoms with Crippen LogP contribution in [0.4, 0.5) is 0 Å². The van der Waals surface area contributed by atoms with Crippen molar-refractivity contribution in [2.45, 2.75) is 6.04 Å². The highest BCUT2D eigenvalue weighted by atomic mass is 79.9. The van der Waals surface area contributed by atoms with Crippen LogP contribution in [0.15, 0.2) is 59.1 Å². The smallest absolute Gasteiger partial charge is 0.258 e. The van der Waals surface area contributed by atoms with Crippen molar-refractivity contribution < 1.29 is 14.4 Å². The summed E-state index contributed by atoms with van der Waals surface area (Å²) in [6, 6.07) is 17.4. The highest BCUT2D eigenvalue weighted by Gasteiger charge is 2.17. The Hall–Kier alpha value is -1.85. The van der Waals surface area contributed by atoms with Crippen LogP contribution in [-0.4, -0.2) is 33.2 Å². The molecule has 122 valence electrons. The number of quaternary nitrogens is 1. The third kappa shape index (κ3) is 6.04. The summed E-state index contributed by atoms with van der Waals surface area (Å²) in [5, 5.41) is 3.05. The minimum Gasteiger partial charge on any atom is -0.484 e. The fourth-order valence-corrected chi connectivity index (χ4v) is 2.67. The van der Waals surface area contributed by atoms with E-state index in [0.29, 0.717) is 5.75 Å². The van der Waals surface area contributed by atoms with Crippen molar-refractivity contribution >= 4 is 21.8 Å². The minimum atomic E-state index is -0.125. The number of hydrogen-bond acceptors (Lipinski definition) is 2. The Labute approximate surface area is 145 Å². The van der Waals surface area contributed by atoms with Gasteiger partial charge in [-0.1, -0.05) is 52.3 Å². The number of rotatable bonds is 7. The van der Waals surface area contributed by atoms with Crippen LogP contribution in [0.2, 0.25) is 0 Å². The van der Waals surface area contributed by atoms with Gasteiger partial charge in [0.05, 0.1) is 14.1 Å². The van der Waals surface area contributed by atoms with Gasteiger partial charge in [0.15, 0.2) is 6.61 Å². The van der Waals surface area contributed by atoms with E-state index >= 15 is 0 Å². The zero-order valence-corrected chi connectivity index (χ0v) is 15.0. The molecular formula is C18H22BrN2O2+. The molecule has 0 saturated carbocycles. The van der Waals surface area contributed by atoms with Gasteiger partial charge >= 0.3 is 0 Å². The Morgan fingerprint density at radius 3 is 2.57 bits per heavy atom. The number of likely N-dealkylation sites (N-methyl/N-ethyl adjacent to an activating group) is 1. The molecule has 2 rings (SSSR count). The maximum Gasteiger partial charge on any atom is 0.258 e. The van der Waals surface area contributed by atoms with E-state index in [1.165, 1.54) is 4.90 Å². The molecule has 0 fully saturated rings. The number of benzene rings is 2. The van der Waals surface area contributed by atoms with Gasteiger partial charge in [0.2, 0.25) is 0 Å². The molecule has 2 aromatic rings. The summed E-state index contributed by atoms with van der Waals surface area (Å²) in [6.07, 6.45) is 0. The summed E-state index contributed by atoms with van der Waals surface area (Å²) in [6.45, 7) is 0.815. The van der Waals surface area contributed by atoms with E-state index in [1.54, 1.807) is 0 Å². The summed E-state index contributed by atoms with van der Waals surface area (Å²) in [4.78, 5) is 13.5. The van der Waals surface area contributed by atoms with Gasteiger partial charge in [0, 0.05) is 4.47 Å². The van der Waals surface area contributed by atoms with Crippen molar-refractivity contribution in [2.24, 2.45) is 0 Å². The quantitative estimate of drug-likeness (QED) is 0.772. The van der Waals surface area contributed by atoms with Crippen LogP contribution >= 0.6 is 15.9 Å². The second-order valence-corrected chi connectivity index (χ2v) is 6.60. The summed E-state index contributed by atoms with van der Waals surface area (Å²) in [5.41, 5.74) is 1.10. The summed E-state index contributed by atoms with van der Waals surface area (Å²) in [7, 11) is 4.14. The summed E-state index contributed by atoms with van der Waals surface area (Å²) < 4.78 is 6.47. The molecule has 0 aliphatic heterocycles. The molecule has 0 aliphatic rings. The molecule has 23 heavy (non-hydrogen) atoms. The first-order valence-corrected chi connectivity index (χ1v) is 8.35. The van der Waals surface area contributed by atoms with Gasteiger partial charge in [0.1, 0.15) is 18.3 Å². The average Bonchev–Trinajstić information content (AvgIpc) is 2.53. The highest BCUT2D eigenvalue weighted by Crippen LogP contribution is 2.17. The maximum absolute atomic E-state index is 12.2. The third-order valence-corrected chi connectivity index (χ3v) is 3.81. The lowest BCUT2D eigenvalue weighted by atomic mass is 10.1. The first kappa shape index (κ1) is 17.5. The zero-order chi connectivity index (χ0) is 16.7. The molecule has 0 saturated heterocycles. The number of hydrogen-bond donors (Lipinski definition) is 2. The maximum atomic E-state index is 12.2. The van der Waals surface area contributed by atoms with Gasteiger partial charge in [-0.2, -0.15) is 0 Å². The van der Waals surface area contributed by atoms with E-state index in [0.717, 1.165) is 16.6 Å². The number of amides is 1. The third-order valence-electron chi connectivity index (χ3n) is 3.32. The van der Waals surface area contributed by atoms with E-state index in [4.69, 9.17) is 4.74 Å². The first-order chi connectivity index (χ1) is 11.0. The normalized spacial score (nSPS) is 12.0. The Bertz CT molecular complexity index is 632. The van der Waals surface area contributed by atoms with Crippen LogP contribution in [0.5, 0.6) is 5.75 Å². The molecule has 0 heterocycles. The van der Waals surface area contributed by atoms with Gasteiger partial charge in [0.25, 0.3) is 5.91 Å². The number of carbonyl (C=O) groups is 1. The van der Waals surface area contributed by atoms with Gasteiger partial charge in [-0.3, -0.25) is 4.79 Å². The Balaban J connectivity index is 1.95. The van der Waals surface area contributed by atoms with E-state index in [2.05, 4.69) is 35.3 Å². The van der Waals surface area contributed by atoms with Gasteiger partial charge in [-0.25, -0.2) is 0 Å². The van der Waals surface area contributed by atoms with Crippen molar-refractivity contribution in [3.05, 3.63) is 64.6 Å². The van der Waals surface area contributed by atoms with Crippen molar-refractivity contribution in [2.75, 3.05) is 27.2 Å². The molecule has 0 aromatic heterocycles. The van der Waals surface area contributed by atoms with E-state index < -0.39 is 0 Å². The summed E-state index contributed by atoms with van der Waals surface area (Å²) in [5.74, 6) is 0.545. The highest BCUT2D eigenvalue weighted by molar-refractivity contribution is 9.10. The molecule has 0 spiro atoms. The van der Waals surface area contributed by atoms with Crippen molar-refractivity contribution in [1.29, 1.82) is 0 Å². The largest absolute Gasteiger partial charge is 0.484 e. The van der Waals surface area contributed by atoms with Crippen LogP contribution in [0.3, 0.4) is 0 Å². The fraction of sp³-hybridized carbons (Fsp3) is 0.278. The number of nitrogens with one attached hydrogen (secondary N) is 2.